The fourth-order valence-electron chi connectivity index (χ4n) is 0. The molecule has 1 nitrogen and oxygen atoms in total. The van der Waals surface area contributed by atoms with E-state index in [2.05, 4.69) is 13.1 Å². The molecule has 0 radical (unpaired) electrons. The van der Waals surface area contributed by atoms with E-state index in [1.54, 1.807) is 7.11 Å². The first kappa shape index (κ1) is 5.18. The summed E-state index contributed by atoms with van der Waals surface area (Å²) < 4.78 is 4.89. The monoisotopic (exact) mass is 90.1 g/mol. The molecular weight excluding hydrogens is 80.1 g/mol. The minimum absolute atomic E-state index is 0.650. The molecule has 0 spiro atoms. The van der Waals surface area contributed by atoms with Crippen LogP contribution in [0, 0.1) is 0 Å². The van der Waals surface area contributed by atoms with E-state index >= 15 is 0 Å². The molecule has 0 fully saturated rings. The van der Waals surface area contributed by atoms with Crippen molar-refractivity contribution in [2.24, 2.45) is 0 Å². The van der Waals surface area contributed by atoms with E-state index in [-0.39, 0.29) is 0 Å². The summed E-state index contributed by atoms with van der Waals surface area (Å²) in [6, 6.07) is 0. The van der Waals surface area contributed by atoms with E-state index in [4.69, 9.17) is 4.43 Å². The van der Waals surface area contributed by atoms with Crippen molar-refractivity contribution in [3.8, 4) is 0 Å². The molecule has 2 heteroatoms. The minimum Gasteiger partial charge on any atom is -0.424 e. The second-order valence-electron chi connectivity index (χ2n) is 1.28. The largest absolute Gasteiger partial charge is 0.424 e. The Balaban J connectivity index is 2.54. The number of hydrogen-bond acceptors (Lipinski definition) is 1. The second kappa shape index (κ2) is 2.42. The fourth-order valence-corrected chi connectivity index (χ4v) is 0. The molecule has 0 aliphatic heterocycles. The highest BCUT2D eigenvalue weighted by Gasteiger charge is 1.83. The maximum absolute atomic E-state index is 4.89. The molecule has 0 unspecified atom stereocenters. The van der Waals surface area contributed by atoms with Crippen LogP contribution in [0.25, 0.3) is 0 Å². The zero-order valence-corrected chi connectivity index (χ0v) is 5.14. The van der Waals surface area contributed by atoms with Gasteiger partial charge >= 0.3 is 0 Å². The SMILES string of the molecule is CO[SiH](C)C. The van der Waals surface area contributed by atoms with E-state index < -0.39 is 9.04 Å². The van der Waals surface area contributed by atoms with Crippen LogP contribution in [-0.4, -0.2) is 16.2 Å². The van der Waals surface area contributed by atoms with Gasteiger partial charge in [-0.2, -0.15) is 0 Å². The van der Waals surface area contributed by atoms with Crippen molar-refractivity contribution >= 4 is 9.04 Å². The van der Waals surface area contributed by atoms with Crippen molar-refractivity contribution in [3.05, 3.63) is 0 Å². The Morgan fingerprint density at radius 1 is 1.40 bits per heavy atom. The molecule has 0 amide bonds. The van der Waals surface area contributed by atoms with Gasteiger partial charge in [-0.25, -0.2) is 0 Å². The van der Waals surface area contributed by atoms with Crippen molar-refractivity contribution in [1.82, 2.24) is 0 Å². The fraction of sp³-hybridized carbons (Fsp3) is 1.00. The molecular formula is C3H10OSi. The maximum Gasteiger partial charge on any atom is 0.170 e. The molecule has 0 rings (SSSR count). The molecule has 0 aromatic rings. The summed E-state index contributed by atoms with van der Waals surface area (Å²) >= 11 is 0. The lowest BCUT2D eigenvalue weighted by Crippen LogP contribution is -2.00. The van der Waals surface area contributed by atoms with Gasteiger partial charge in [-0.3, -0.25) is 0 Å². The van der Waals surface area contributed by atoms with Gasteiger partial charge in [0, 0.05) is 7.11 Å². The first-order chi connectivity index (χ1) is 2.27. The summed E-state index contributed by atoms with van der Waals surface area (Å²) in [5.41, 5.74) is 0. The van der Waals surface area contributed by atoms with Gasteiger partial charge in [-0.1, -0.05) is 0 Å². The molecule has 0 heterocycles. The van der Waals surface area contributed by atoms with Gasteiger partial charge in [0.2, 0.25) is 0 Å². The van der Waals surface area contributed by atoms with Crippen LogP contribution in [-0.2, 0) is 4.43 Å². The molecule has 0 aliphatic carbocycles. The summed E-state index contributed by atoms with van der Waals surface area (Å²) in [6.45, 7) is 4.28. The average Bonchev–Trinajstić information content (AvgIpc) is 1.38. The second-order valence-corrected chi connectivity index (χ2v) is 3.85. The van der Waals surface area contributed by atoms with E-state index in [1.807, 2.05) is 0 Å². The van der Waals surface area contributed by atoms with Gasteiger partial charge in [-0.05, 0) is 13.1 Å². The molecule has 0 saturated carbocycles. The van der Waals surface area contributed by atoms with Crippen LogP contribution in [0.15, 0.2) is 0 Å². The Labute approximate surface area is 34.7 Å². The normalized spacial score (nSPS) is 9.60. The topological polar surface area (TPSA) is 9.23 Å². The lowest BCUT2D eigenvalue weighted by molar-refractivity contribution is 0.430. The summed E-state index contributed by atoms with van der Waals surface area (Å²) in [5, 5.41) is 0. The Morgan fingerprint density at radius 2 is 1.60 bits per heavy atom. The van der Waals surface area contributed by atoms with Crippen LogP contribution in [0.3, 0.4) is 0 Å². The van der Waals surface area contributed by atoms with Crippen LogP contribution in [0.4, 0.5) is 0 Å². The lowest BCUT2D eigenvalue weighted by Gasteiger charge is -1.92. The standard InChI is InChI=1S/C3H10OSi/c1-4-5(2)3/h5H,1-3H3. The third kappa shape index (κ3) is 4.18. The summed E-state index contributed by atoms with van der Waals surface area (Å²) in [4.78, 5) is 0. The quantitative estimate of drug-likeness (QED) is 0.429. The molecule has 0 atom stereocenters. The predicted octanol–water partition coefficient (Wildman–Crippen LogP) is 0.616. The summed E-state index contributed by atoms with van der Waals surface area (Å²) in [6.07, 6.45) is 0. The predicted molar refractivity (Wildman–Crippen MR) is 25.9 cm³/mol. The van der Waals surface area contributed by atoms with Gasteiger partial charge in [0.1, 0.15) is 0 Å². The van der Waals surface area contributed by atoms with Crippen LogP contribution in [0.5, 0.6) is 0 Å². The molecule has 0 aromatic carbocycles. The average molecular weight is 90.2 g/mol. The molecule has 0 saturated heterocycles. The Hall–Kier alpha value is 0.177. The van der Waals surface area contributed by atoms with E-state index in [9.17, 15) is 0 Å². The van der Waals surface area contributed by atoms with Crippen molar-refractivity contribution in [2.45, 2.75) is 13.1 Å². The van der Waals surface area contributed by atoms with Crippen LogP contribution >= 0.6 is 0 Å². The smallest absolute Gasteiger partial charge is 0.170 e. The molecule has 0 bridgehead atoms. The molecule has 0 N–H and O–H groups in total. The molecule has 0 aliphatic rings. The maximum atomic E-state index is 4.89. The number of rotatable bonds is 1. The van der Waals surface area contributed by atoms with Crippen molar-refractivity contribution < 1.29 is 4.43 Å². The zero-order valence-electron chi connectivity index (χ0n) is 3.99. The summed E-state index contributed by atoms with van der Waals surface area (Å²) in [5.74, 6) is 0. The van der Waals surface area contributed by atoms with E-state index in [1.165, 1.54) is 0 Å². The first-order valence-electron chi connectivity index (χ1n) is 1.80. The molecule has 32 valence electrons. The van der Waals surface area contributed by atoms with Crippen LogP contribution < -0.4 is 0 Å². The Morgan fingerprint density at radius 3 is 1.60 bits per heavy atom. The zero-order chi connectivity index (χ0) is 4.28. The summed E-state index contributed by atoms with van der Waals surface area (Å²) in [7, 11) is 1.11. The first-order valence-corrected chi connectivity index (χ1v) is 4.58. The van der Waals surface area contributed by atoms with Gasteiger partial charge in [0.25, 0.3) is 0 Å². The highest BCUT2D eigenvalue weighted by atomic mass is 28.3. The third-order valence-electron chi connectivity index (χ3n) is 0.471. The highest BCUT2D eigenvalue weighted by molar-refractivity contribution is 6.48. The molecule has 0 aromatic heterocycles. The van der Waals surface area contributed by atoms with Crippen LogP contribution in [0.1, 0.15) is 0 Å². The van der Waals surface area contributed by atoms with Gasteiger partial charge < -0.3 is 4.43 Å². The molecule has 5 heavy (non-hydrogen) atoms. The van der Waals surface area contributed by atoms with Crippen molar-refractivity contribution in [3.63, 3.8) is 0 Å². The van der Waals surface area contributed by atoms with E-state index in [0.29, 0.717) is 0 Å². The van der Waals surface area contributed by atoms with Crippen molar-refractivity contribution in [2.75, 3.05) is 7.11 Å². The van der Waals surface area contributed by atoms with Gasteiger partial charge in [0.05, 0.1) is 0 Å². The van der Waals surface area contributed by atoms with Gasteiger partial charge in [-0.15, -0.1) is 0 Å². The Kier molecular flexibility index (Phi) is 2.50. The minimum atomic E-state index is -0.650. The number of hydrogen-bond donors (Lipinski definition) is 0. The Bertz CT molecular complexity index is 20.9. The van der Waals surface area contributed by atoms with Gasteiger partial charge in [0.15, 0.2) is 9.04 Å². The third-order valence-corrected chi connectivity index (χ3v) is 1.41. The van der Waals surface area contributed by atoms with Crippen molar-refractivity contribution in [1.29, 1.82) is 0 Å². The van der Waals surface area contributed by atoms with Crippen LogP contribution in [0.2, 0.25) is 13.1 Å². The lowest BCUT2D eigenvalue weighted by atomic mass is 11.8. The van der Waals surface area contributed by atoms with E-state index in [0.717, 1.165) is 0 Å². The highest BCUT2D eigenvalue weighted by Crippen LogP contribution is 1.73.